The second-order valence-corrected chi connectivity index (χ2v) is 6.80. The van der Waals surface area contributed by atoms with Crippen molar-refractivity contribution in [2.75, 3.05) is 5.32 Å². The van der Waals surface area contributed by atoms with Gasteiger partial charge in [-0.2, -0.15) is 5.10 Å². The van der Waals surface area contributed by atoms with Crippen molar-refractivity contribution in [2.24, 2.45) is 0 Å². The Bertz CT molecular complexity index is 1050. The van der Waals surface area contributed by atoms with Crippen molar-refractivity contribution in [3.05, 3.63) is 81.6 Å². The van der Waals surface area contributed by atoms with Gasteiger partial charge in [0, 0.05) is 17.3 Å². The van der Waals surface area contributed by atoms with Crippen molar-refractivity contribution in [1.82, 2.24) is 9.78 Å². The maximum Gasteiger partial charge on any atom is 0.267 e. The Morgan fingerprint density at radius 2 is 1.74 bits per heavy atom. The second kappa shape index (κ2) is 7.58. The Balaban J connectivity index is 1.94. The van der Waals surface area contributed by atoms with Gasteiger partial charge in [-0.1, -0.05) is 35.9 Å². The summed E-state index contributed by atoms with van der Waals surface area (Å²) in [6, 6.07) is 16.0. The van der Waals surface area contributed by atoms with Gasteiger partial charge in [-0.3, -0.25) is 9.59 Å². The number of carbonyl (C=O) groups is 1. The van der Waals surface area contributed by atoms with Crippen LogP contribution in [-0.2, 0) is 4.79 Å². The number of para-hydroxylation sites is 1. The SMILES string of the molecule is Cc1ccc(C)c(-c2ccc(=O)n([C@@H](C)C(=O)Nc3ccccc3C)n2)c1. The van der Waals surface area contributed by atoms with Crippen LogP contribution < -0.4 is 10.9 Å². The maximum absolute atomic E-state index is 12.7. The van der Waals surface area contributed by atoms with Crippen LogP contribution >= 0.6 is 0 Å². The number of nitrogens with one attached hydrogen (secondary N) is 1. The minimum atomic E-state index is -0.734. The van der Waals surface area contributed by atoms with Gasteiger partial charge >= 0.3 is 0 Å². The van der Waals surface area contributed by atoms with Crippen LogP contribution in [-0.4, -0.2) is 15.7 Å². The molecule has 0 spiro atoms. The first-order valence-corrected chi connectivity index (χ1v) is 8.91. The fraction of sp³-hybridized carbons (Fsp3) is 0.227. The third-order valence-corrected chi connectivity index (χ3v) is 4.64. The van der Waals surface area contributed by atoms with Gasteiger partial charge in [0.25, 0.3) is 5.56 Å². The molecule has 2 aromatic carbocycles. The number of aryl methyl sites for hydroxylation is 3. The highest BCUT2D eigenvalue weighted by molar-refractivity contribution is 5.94. The van der Waals surface area contributed by atoms with E-state index in [1.54, 1.807) is 13.0 Å². The molecular formula is C22H23N3O2. The van der Waals surface area contributed by atoms with Gasteiger partial charge < -0.3 is 5.32 Å². The normalized spacial score (nSPS) is 11.9. The lowest BCUT2D eigenvalue weighted by Gasteiger charge is -2.16. The topological polar surface area (TPSA) is 64.0 Å². The van der Waals surface area contributed by atoms with Gasteiger partial charge in [-0.15, -0.1) is 0 Å². The molecule has 27 heavy (non-hydrogen) atoms. The molecule has 1 atom stereocenters. The predicted molar refractivity (Wildman–Crippen MR) is 108 cm³/mol. The fourth-order valence-corrected chi connectivity index (χ4v) is 2.92. The van der Waals surface area contributed by atoms with E-state index in [-0.39, 0.29) is 11.5 Å². The monoisotopic (exact) mass is 361 g/mol. The summed E-state index contributed by atoms with van der Waals surface area (Å²) in [4.78, 5) is 25.0. The van der Waals surface area contributed by atoms with E-state index in [1.165, 1.54) is 10.7 Å². The smallest absolute Gasteiger partial charge is 0.267 e. The summed E-state index contributed by atoms with van der Waals surface area (Å²) in [6.45, 7) is 7.61. The summed E-state index contributed by atoms with van der Waals surface area (Å²) < 4.78 is 1.24. The number of nitrogens with zero attached hydrogens (tertiary/aromatic N) is 2. The molecular weight excluding hydrogens is 338 g/mol. The Kier molecular flexibility index (Phi) is 5.21. The highest BCUT2D eigenvalue weighted by Crippen LogP contribution is 2.22. The molecule has 0 saturated heterocycles. The van der Waals surface area contributed by atoms with E-state index in [9.17, 15) is 9.59 Å². The number of hydrogen-bond donors (Lipinski definition) is 1. The molecule has 0 fully saturated rings. The summed E-state index contributed by atoms with van der Waals surface area (Å²) in [7, 11) is 0. The molecule has 0 saturated carbocycles. The van der Waals surface area contributed by atoms with Crippen molar-refractivity contribution < 1.29 is 4.79 Å². The van der Waals surface area contributed by atoms with E-state index >= 15 is 0 Å². The molecule has 5 heteroatoms. The van der Waals surface area contributed by atoms with Gasteiger partial charge in [-0.05, 0) is 57.0 Å². The molecule has 1 aromatic heterocycles. The van der Waals surface area contributed by atoms with Gasteiger partial charge in [0.05, 0.1) is 5.69 Å². The fourth-order valence-electron chi connectivity index (χ4n) is 2.92. The molecule has 3 aromatic rings. The summed E-state index contributed by atoms with van der Waals surface area (Å²) >= 11 is 0. The number of hydrogen-bond acceptors (Lipinski definition) is 3. The molecule has 0 aliphatic carbocycles. The Morgan fingerprint density at radius 3 is 2.48 bits per heavy atom. The number of benzene rings is 2. The molecule has 0 unspecified atom stereocenters. The zero-order valence-corrected chi connectivity index (χ0v) is 16.0. The van der Waals surface area contributed by atoms with Gasteiger partial charge in [-0.25, -0.2) is 4.68 Å². The molecule has 0 bridgehead atoms. The lowest BCUT2D eigenvalue weighted by atomic mass is 10.0. The third kappa shape index (κ3) is 3.97. The minimum Gasteiger partial charge on any atom is -0.324 e. The third-order valence-electron chi connectivity index (χ3n) is 4.64. The molecule has 0 radical (unpaired) electrons. The van der Waals surface area contributed by atoms with Crippen LogP contribution in [0.4, 0.5) is 5.69 Å². The average molecular weight is 361 g/mol. The average Bonchev–Trinajstić information content (AvgIpc) is 2.65. The maximum atomic E-state index is 12.7. The van der Waals surface area contributed by atoms with Gasteiger partial charge in [0.1, 0.15) is 6.04 Å². The summed E-state index contributed by atoms with van der Waals surface area (Å²) in [5.41, 5.74) is 5.18. The number of carbonyl (C=O) groups excluding carboxylic acids is 1. The van der Waals surface area contributed by atoms with Gasteiger partial charge in [0.2, 0.25) is 5.91 Å². The molecule has 138 valence electrons. The first-order chi connectivity index (χ1) is 12.9. The summed E-state index contributed by atoms with van der Waals surface area (Å²) in [6.07, 6.45) is 0. The van der Waals surface area contributed by atoms with Crippen LogP contribution in [0.5, 0.6) is 0 Å². The quantitative estimate of drug-likeness (QED) is 0.763. The Hall–Kier alpha value is -3.21. The highest BCUT2D eigenvalue weighted by atomic mass is 16.2. The molecule has 0 aliphatic rings. The molecule has 1 heterocycles. The van der Waals surface area contributed by atoms with Crippen molar-refractivity contribution in [1.29, 1.82) is 0 Å². The van der Waals surface area contributed by atoms with Crippen molar-refractivity contribution >= 4 is 11.6 Å². The first-order valence-electron chi connectivity index (χ1n) is 8.91. The van der Waals surface area contributed by atoms with Crippen molar-refractivity contribution in [2.45, 2.75) is 33.7 Å². The van der Waals surface area contributed by atoms with Crippen LogP contribution in [0.25, 0.3) is 11.3 Å². The molecule has 0 aliphatic heterocycles. The van der Waals surface area contributed by atoms with Crippen LogP contribution in [0.2, 0.25) is 0 Å². The van der Waals surface area contributed by atoms with E-state index in [0.717, 1.165) is 27.9 Å². The van der Waals surface area contributed by atoms with Crippen LogP contribution in [0.1, 0.15) is 29.7 Å². The lowest BCUT2D eigenvalue weighted by Crippen LogP contribution is -2.33. The predicted octanol–water partition coefficient (Wildman–Crippen LogP) is 4.04. The van der Waals surface area contributed by atoms with Gasteiger partial charge in [0.15, 0.2) is 0 Å². The second-order valence-electron chi connectivity index (χ2n) is 6.80. The number of rotatable bonds is 4. The standard InChI is InChI=1S/C22H23N3O2/c1-14-9-10-15(2)18(13-14)20-11-12-21(26)25(24-20)17(4)22(27)23-19-8-6-5-7-16(19)3/h5-13,17H,1-4H3,(H,23,27)/t17-/m0/s1. The van der Waals surface area contributed by atoms with Crippen LogP contribution in [0.3, 0.4) is 0 Å². The molecule has 1 amide bonds. The number of amides is 1. The first kappa shape index (κ1) is 18.6. The van der Waals surface area contributed by atoms with Crippen LogP contribution in [0.15, 0.2) is 59.4 Å². The summed E-state index contributed by atoms with van der Waals surface area (Å²) in [5.74, 6) is -0.281. The lowest BCUT2D eigenvalue weighted by molar-refractivity contribution is -0.119. The van der Waals surface area contributed by atoms with E-state index in [1.807, 2.05) is 63.2 Å². The zero-order chi connectivity index (χ0) is 19.6. The minimum absolute atomic E-state index is 0.281. The molecule has 1 N–H and O–H groups in total. The molecule has 5 nitrogen and oxygen atoms in total. The van der Waals surface area contributed by atoms with E-state index < -0.39 is 6.04 Å². The summed E-state index contributed by atoms with van der Waals surface area (Å²) in [5, 5.41) is 7.35. The van der Waals surface area contributed by atoms with E-state index in [2.05, 4.69) is 10.4 Å². The largest absolute Gasteiger partial charge is 0.324 e. The highest BCUT2D eigenvalue weighted by Gasteiger charge is 2.19. The van der Waals surface area contributed by atoms with Crippen LogP contribution in [0, 0.1) is 20.8 Å². The number of aromatic nitrogens is 2. The van der Waals surface area contributed by atoms with Crippen molar-refractivity contribution in [3.8, 4) is 11.3 Å². The van der Waals surface area contributed by atoms with Crippen molar-refractivity contribution in [3.63, 3.8) is 0 Å². The Labute approximate surface area is 158 Å². The zero-order valence-electron chi connectivity index (χ0n) is 16.0. The molecule has 3 rings (SSSR count). The van der Waals surface area contributed by atoms with E-state index in [4.69, 9.17) is 0 Å². The van der Waals surface area contributed by atoms with E-state index in [0.29, 0.717) is 5.69 Å². The number of anilines is 1. The Morgan fingerprint density at radius 1 is 1.00 bits per heavy atom.